The van der Waals surface area contributed by atoms with Gasteiger partial charge in [0.1, 0.15) is 6.61 Å². The molecule has 1 N–H and O–H groups in total. The van der Waals surface area contributed by atoms with E-state index in [1.807, 2.05) is 12.1 Å². The standard InChI is InChI=1S/C26H34N6O4/c1-30-22-6-7-23(36-17-14-31-12-15-35-16-13-31)29-24(22)32(26(30)34)18-19-2-4-20(5-3-19)25(33)28-21-8-10-27-11-9-21/h6-11,19-20H,2-5,12-18H2,1H3,(H,27,28,33). The summed E-state index contributed by atoms with van der Waals surface area (Å²) in [7, 11) is 1.78. The third-order valence-corrected chi connectivity index (χ3v) is 7.33. The van der Waals surface area contributed by atoms with Crippen LogP contribution in [0.1, 0.15) is 25.7 Å². The predicted octanol–water partition coefficient (Wildman–Crippen LogP) is 2.29. The van der Waals surface area contributed by atoms with Gasteiger partial charge in [-0.25, -0.2) is 4.79 Å². The van der Waals surface area contributed by atoms with Crippen LogP contribution in [0.3, 0.4) is 0 Å². The molecule has 3 aromatic rings. The van der Waals surface area contributed by atoms with Crippen molar-refractivity contribution in [2.75, 3.05) is 44.8 Å². The third kappa shape index (κ3) is 5.60. The monoisotopic (exact) mass is 494 g/mol. The largest absolute Gasteiger partial charge is 0.476 e. The molecule has 5 rings (SSSR count). The van der Waals surface area contributed by atoms with Gasteiger partial charge in [0, 0.05) is 63.3 Å². The number of ether oxygens (including phenoxy) is 2. The van der Waals surface area contributed by atoms with Crippen molar-refractivity contribution in [3.63, 3.8) is 0 Å². The number of nitrogens with one attached hydrogen (secondary N) is 1. The Morgan fingerprint density at radius 2 is 1.86 bits per heavy atom. The van der Waals surface area contributed by atoms with E-state index in [4.69, 9.17) is 14.5 Å². The van der Waals surface area contributed by atoms with Crippen molar-refractivity contribution in [1.29, 1.82) is 0 Å². The van der Waals surface area contributed by atoms with Gasteiger partial charge in [0.2, 0.25) is 11.8 Å². The maximum absolute atomic E-state index is 13.0. The van der Waals surface area contributed by atoms with Crippen LogP contribution in [0.5, 0.6) is 5.88 Å². The zero-order valence-electron chi connectivity index (χ0n) is 20.8. The molecule has 10 heteroatoms. The second-order valence-corrected chi connectivity index (χ2v) is 9.69. The number of nitrogens with zero attached hydrogens (tertiary/aromatic N) is 5. The highest BCUT2D eigenvalue weighted by Gasteiger charge is 2.28. The number of anilines is 1. The van der Waals surface area contributed by atoms with Gasteiger partial charge in [0.25, 0.3) is 0 Å². The Bertz CT molecular complexity index is 1230. The van der Waals surface area contributed by atoms with E-state index in [1.54, 1.807) is 40.7 Å². The lowest BCUT2D eigenvalue weighted by atomic mass is 9.81. The first-order valence-electron chi connectivity index (χ1n) is 12.8. The van der Waals surface area contributed by atoms with Crippen LogP contribution in [0.25, 0.3) is 11.2 Å². The molecule has 0 aromatic carbocycles. The third-order valence-electron chi connectivity index (χ3n) is 7.33. The number of carbonyl (C=O) groups excluding carboxylic acids is 1. The average molecular weight is 495 g/mol. The van der Waals surface area contributed by atoms with E-state index in [1.165, 1.54) is 0 Å². The highest BCUT2D eigenvalue weighted by molar-refractivity contribution is 5.92. The van der Waals surface area contributed by atoms with Crippen molar-refractivity contribution >= 4 is 22.8 Å². The van der Waals surface area contributed by atoms with Gasteiger partial charge in [0.05, 0.1) is 18.7 Å². The summed E-state index contributed by atoms with van der Waals surface area (Å²) in [4.78, 5) is 36.7. The van der Waals surface area contributed by atoms with Crippen LogP contribution in [0.4, 0.5) is 5.69 Å². The fraction of sp³-hybridized carbons (Fsp3) is 0.538. The maximum Gasteiger partial charge on any atom is 0.330 e. The number of hydrogen-bond donors (Lipinski definition) is 1. The molecule has 192 valence electrons. The molecule has 1 aliphatic heterocycles. The van der Waals surface area contributed by atoms with Crippen molar-refractivity contribution in [2.45, 2.75) is 32.2 Å². The first-order valence-corrected chi connectivity index (χ1v) is 12.8. The fourth-order valence-electron chi connectivity index (χ4n) is 5.15. The second kappa shape index (κ2) is 11.2. The number of morpholine rings is 1. The Labute approximate surface area is 210 Å². The second-order valence-electron chi connectivity index (χ2n) is 9.69. The number of aryl methyl sites for hydroxylation is 1. The summed E-state index contributed by atoms with van der Waals surface area (Å²) in [5, 5.41) is 2.99. The van der Waals surface area contributed by atoms with Gasteiger partial charge in [-0.15, -0.1) is 0 Å². The lowest BCUT2D eigenvalue weighted by Crippen LogP contribution is -2.38. The lowest BCUT2D eigenvalue weighted by molar-refractivity contribution is -0.121. The van der Waals surface area contributed by atoms with Crippen LogP contribution in [0.2, 0.25) is 0 Å². The molecule has 0 unspecified atom stereocenters. The quantitative estimate of drug-likeness (QED) is 0.512. The Kier molecular flexibility index (Phi) is 7.62. The number of pyridine rings is 2. The zero-order valence-corrected chi connectivity index (χ0v) is 20.8. The number of amides is 1. The molecule has 0 atom stereocenters. The molecule has 0 bridgehead atoms. The summed E-state index contributed by atoms with van der Waals surface area (Å²) in [6.07, 6.45) is 6.75. The molecule has 3 aromatic heterocycles. The minimum absolute atomic E-state index is 0.0109. The molecule has 36 heavy (non-hydrogen) atoms. The summed E-state index contributed by atoms with van der Waals surface area (Å²) in [6, 6.07) is 7.33. The topological polar surface area (TPSA) is 104 Å². The molecule has 1 saturated heterocycles. The minimum atomic E-state index is -0.0690. The van der Waals surface area contributed by atoms with Crippen molar-refractivity contribution in [1.82, 2.24) is 24.0 Å². The number of aromatic nitrogens is 4. The van der Waals surface area contributed by atoms with Gasteiger partial charge < -0.3 is 14.8 Å². The molecular formula is C26H34N6O4. The Balaban J connectivity index is 1.20. The van der Waals surface area contributed by atoms with E-state index >= 15 is 0 Å². The van der Waals surface area contributed by atoms with Crippen LogP contribution < -0.4 is 15.7 Å². The summed E-state index contributed by atoms with van der Waals surface area (Å²) in [5.74, 6) is 0.906. The van der Waals surface area contributed by atoms with Gasteiger partial charge in [-0.2, -0.15) is 4.98 Å². The van der Waals surface area contributed by atoms with E-state index in [-0.39, 0.29) is 17.5 Å². The normalized spacial score (nSPS) is 20.9. The van der Waals surface area contributed by atoms with Gasteiger partial charge in [-0.3, -0.25) is 23.8 Å². The Hall–Kier alpha value is -3.24. The minimum Gasteiger partial charge on any atom is -0.476 e. The molecule has 0 spiro atoms. The highest BCUT2D eigenvalue weighted by atomic mass is 16.5. The van der Waals surface area contributed by atoms with Crippen LogP contribution in [-0.4, -0.2) is 69.4 Å². The fourth-order valence-corrected chi connectivity index (χ4v) is 5.15. The number of rotatable bonds is 8. The van der Waals surface area contributed by atoms with Gasteiger partial charge in [0.15, 0.2) is 5.65 Å². The molecule has 1 amide bonds. The van der Waals surface area contributed by atoms with Gasteiger partial charge >= 0.3 is 5.69 Å². The SMILES string of the molecule is Cn1c(=O)n(CC2CCC(C(=O)Nc3ccncc3)CC2)c2nc(OCCN3CCOCC3)ccc21. The molecule has 4 heterocycles. The molecule has 2 fully saturated rings. The summed E-state index contributed by atoms with van der Waals surface area (Å²) in [5.41, 5.74) is 2.16. The first-order chi connectivity index (χ1) is 17.6. The number of fused-ring (bicyclic) bond motifs is 1. The highest BCUT2D eigenvalue weighted by Crippen LogP contribution is 2.31. The van der Waals surface area contributed by atoms with Crippen molar-refractivity contribution in [3.05, 3.63) is 47.1 Å². The molecule has 1 aliphatic carbocycles. The van der Waals surface area contributed by atoms with Gasteiger partial charge in [-0.05, 0) is 49.8 Å². The average Bonchev–Trinajstić information content (AvgIpc) is 3.14. The molecule has 10 nitrogen and oxygen atoms in total. The maximum atomic E-state index is 13.0. The molecule has 2 aliphatic rings. The number of hydrogen-bond acceptors (Lipinski definition) is 7. The number of imidazole rings is 1. The van der Waals surface area contributed by atoms with Crippen LogP contribution in [0, 0.1) is 11.8 Å². The smallest absolute Gasteiger partial charge is 0.330 e. The molecule has 0 radical (unpaired) electrons. The van der Waals surface area contributed by atoms with Crippen molar-refractivity contribution in [2.24, 2.45) is 18.9 Å². The van der Waals surface area contributed by atoms with E-state index in [0.29, 0.717) is 30.6 Å². The Morgan fingerprint density at radius 3 is 2.61 bits per heavy atom. The van der Waals surface area contributed by atoms with Gasteiger partial charge in [-0.1, -0.05) is 0 Å². The van der Waals surface area contributed by atoms with E-state index in [9.17, 15) is 9.59 Å². The predicted molar refractivity (Wildman–Crippen MR) is 136 cm³/mol. The van der Waals surface area contributed by atoms with Crippen LogP contribution in [0.15, 0.2) is 41.5 Å². The summed E-state index contributed by atoms with van der Waals surface area (Å²) < 4.78 is 14.7. The first kappa shape index (κ1) is 24.5. The number of carbonyl (C=O) groups is 1. The van der Waals surface area contributed by atoms with E-state index in [2.05, 4.69) is 15.2 Å². The molecule has 1 saturated carbocycles. The van der Waals surface area contributed by atoms with E-state index in [0.717, 1.165) is 69.7 Å². The summed E-state index contributed by atoms with van der Waals surface area (Å²) >= 11 is 0. The van der Waals surface area contributed by atoms with Crippen LogP contribution in [-0.2, 0) is 23.1 Å². The van der Waals surface area contributed by atoms with Crippen molar-refractivity contribution in [3.8, 4) is 5.88 Å². The zero-order chi connectivity index (χ0) is 24.9. The lowest BCUT2D eigenvalue weighted by Gasteiger charge is -2.28. The van der Waals surface area contributed by atoms with Crippen LogP contribution >= 0.6 is 0 Å². The summed E-state index contributed by atoms with van der Waals surface area (Å²) in [6.45, 7) is 5.32. The van der Waals surface area contributed by atoms with Crippen molar-refractivity contribution < 1.29 is 14.3 Å². The van der Waals surface area contributed by atoms with E-state index < -0.39 is 0 Å². The Morgan fingerprint density at radius 1 is 1.11 bits per heavy atom. The molecular weight excluding hydrogens is 460 g/mol.